The van der Waals surface area contributed by atoms with Crippen molar-refractivity contribution in [3.8, 4) is 0 Å². The Kier molecular flexibility index (Phi) is 4.89. The van der Waals surface area contributed by atoms with Crippen molar-refractivity contribution in [3.05, 3.63) is 62.3 Å². The number of hydrogen-bond acceptors (Lipinski definition) is 4. The third-order valence-electron chi connectivity index (χ3n) is 2.93. The number of carbonyl (C=O) groups excluding carboxylic acids is 1. The van der Waals surface area contributed by atoms with Gasteiger partial charge >= 0.3 is 6.03 Å². The van der Waals surface area contributed by atoms with Crippen LogP contribution in [-0.2, 0) is 6.54 Å². The lowest BCUT2D eigenvalue weighted by molar-refractivity contribution is -0.384. The maximum absolute atomic E-state index is 11.8. The molecular formula is C14H15N3O3S. The number of carbonyl (C=O) groups is 1. The minimum atomic E-state index is -0.451. The van der Waals surface area contributed by atoms with E-state index in [0.29, 0.717) is 12.1 Å². The van der Waals surface area contributed by atoms with Crippen LogP contribution >= 0.6 is 11.3 Å². The molecule has 1 aromatic heterocycles. The molecule has 0 aliphatic carbocycles. The Bertz CT molecular complexity index is 628. The van der Waals surface area contributed by atoms with Crippen molar-refractivity contribution in [2.45, 2.75) is 19.5 Å². The fourth-order valence-corrected chi connectivity index (χ4v) is 2.46. The van der Waals surface area contributed by atoms with Gasteiger partial charge in [0.15, 0.2) is 0 Å². The highest BCUT2D eigenvalue weighted by Crippen LogP contribution is 2.18. The van der Waals surface area contributed by atoms with Gasteiger partial charge in [0.05, 0.1) is 17.5 Å². The van der Waals surface area contributed by atoms with Gasteiger partial charge in [-0.25, -0.2) is 4.79 Å². The second-order valence-electron chi connectivity index (χ2n) is 4.48. The molecule has 0 unspecified atom stereocenters. The summed E-state index contributed by atoms with van der Waals surface area (Å²) >= 11 is 1.57. The Hall–Kier alpha value is -2.41. The molecule has 0 spiro atoms. The standard InChI is InChI=1S/C14H15N3O3S/c1-10(11-4-2-5-12(8-11)17(19)20)16-14(18)15-9-13-6-3-7-21-13/h2-8,10H,9H2,1H3,(H2,15,16,18)/t10-/m1/s1. The highest BCUT2D eigenvalue weighted by molar-refractivity contribution is 7.09. The first-order valence-electron chi connectivity index (χ1n) is 6.37. The molecule has 21 heavy (non-hydrogen) atoms. The summed E-state index contributed by atoms with van der Waals surface area (Å²) in [6.07, 6.45) is 0. The SMILES string of the molecule is C[C@@H](NC(=O)NCc1cccs1)c1cccc([N+](=O)[O-])c1. The normalized spacial score (nSPS) is 11.7. The number of nitro benzene ring substituents is 1. The lowest BCUT2D eigenvalue weighted by Crippen LogP contribution is -2.36. The van der Waals surface area contributed by atoms with Gasteiger partial charge < -0.3 is 10.6 Å². The van der Waals surface area contributed by atoms with E-state index in [1.54, 1.807) is 30.4 Å². The molecule has 2 aromatic rings. The fraction of sp³-hybridized carbons (Fsp3) is 0.214. The topological polar surface area (TPSA) is 84.3 Å². The summed E-state index contributed by atoms with van der Waals surface area (Å²) in [5.41, 5.74) is 0.704. The second-order valence-corrected chi connectivity index (χ2v) is 5.51. The highest BCUT2D eigenvalue weighted by atomic mass is 32.1. The van der Waals surface area contributed by atoms with Crippen LogP contribution < -0.4 is 10.6 Å². The molecule has 0 bridgehead atoms. The van der Waals surface area contributed by atoms with Crippen LogP contribution in [0.15, 0.2) is 41.8 Å². The van der Waals surface area contributed by atoms with Gasteiger partial charge in [-0.3, -0.25) is 10.1 Å². The first-order valence-corrected chi connectivity index (χ1v) is 7.25. The van der Waals surface area contributed by atoms with Crippen molar-refractivity contribution in [3.63, 3.8) is 0 Å². The Morgan fingerprint density at radius 3 is 2.86 bits per heavy atom. The number of non-ortho nitro benzene ring substituents is 1. The molecule has 0 aliphatic heterocycles. The van der Waals surface area contributed by atoms with Gasteiger partial charge in [0.2, 0.25) is 0 Å². The minimum absolute atomic E-state index is 0.0140. The molecule has 2 amide bonds. The lowest BCUT2D eigenvalue weighted by Gasteiger charge is -2.14. The van der Waals surface area contributed by atoms with E-state index >= 15 is 0 Å². The zero-order valence-electron chi connectivity index (χ0n) is 11.4. The third-order valence-corrected chi connectivity index (χ3v) is 3.81. The van der Waals surface area contributed by atoms with Crippen molar-refractivity contribution >= 4 is 23.1 Å². The van der Waals surface area contributed by atoms with Crippen LogP contribution in [0, 0.1) is 10.1 Å². The van der Waals surface area contributed by atoms with Gasteiger partial charge in [-0.2, -0.15) is 0 Å². The predicted octanol–water partition coefficient (Wildman–Crippen LogP) is 3.22. The Labute approximate surface area is 126 Å². The largest absolute Gasteiger partial charge is 0.333 e. The third kappa shape index (κ3) is 4.28. The first-order chi connectivity index (χ1) is 10.1. The number of amides is 2. The smallest absolute Gasteiger partial charge is 0.315 e. The van der Waals surface area contributed by atoms with E-state index in [4.69, 9.17) is 0 Å². The van der Waals surface area contributed by atoms with Crippen LogP contribution in [-0.4, -0.2) is 11.0 Å². The van der Waals surface area contributed by atoms with Crippen LogP contribution in [0.5, 0.6) is 0 Å². The maximum Gasteiger partial charge on any atom is 0.315 e. The molecule has 1 aromatic carbocycles. The Morgan fingerprint density at radius 1 is 1.38 bits per heavy atom. The molecule has 2 rings (SSSR count). The minimum Gasteiger partial charge on any atom is -0.333 e. The number of rotatable bonds is 5. The van der Waals surface area contributed by atoms with Crippen molar-refractivity contribution < 1.29 is 9.72 Å². The second kappa shape index (κ2) is 6.85. The molecule has 110 valence electrons. The molecule has 0 saturated heterocycles. The molecule has 1 heterocycles. The quantitative estimate of drug-likeness (QED) is 0.657. The van der Waals surface area contributed by atoms with E-state index < -0.39 is 4.92 Å². The fourth-order valence-electron chi connectivity index (χ4n) is 1.82. The van der Waals surface area contributed by atoms with Gasteiger partial charge in [0.1, 0.15) is 0 Å². The molecule has 7 heteroatoms. The number of benzene rings is 1. The van der Waals surface area contributed by atoms with E-state index in [2.05, 4.69) is 10.6 Å². The number of urea groups is 1. The van der Waals surface area contributed by atoms with Crippen LogP contribution in [0.4, 0.5) is 10.5 Å². The summed E-state index contributed by atoms with van der Waals surface area (Å²) < 4.78 is 0. The molecule has 0 saturated carbocycles. The van der Waals surface area contributed by atoms with Crippen LogP contribution in [0.25, 0.3) is 0 Å². The predicted molar refractivity (Wildman–Crippen MR) is 81.2 cm³/mol. The van der Waals surface area contributed by atoms with Crippen molar-refractivity contribution in [2.75, 3.05) is 0 Å². The molecule has 2 N–H and O–H groups in total. The number of nitro groups is 1. The number of thiophene rings is 1. The molecule has 1 atom stereocenters. The average molecular weight is 305 g/mol. The Morgan fingerprint density at radius 2 is 2.19 bits per heavy atom. The monoisotopic (exact) mass is 305 g/mol. The van der Waals surface area contributed by atoms with Gasteiger partial charge in [0, 0.05) is 17.0 Å². The van der Waals surface area contributed by atoms with Crippen LogP contribution in [0.3, 0.4) is 0 Å². The van der Waals surface area contributed by atoms with E-state index in [9.17, 15) is 14.9 Å². The first kappa shape index (κ1) is 15.0. The van der Waals surface area contributed by atoms with Gasteiger partial charge in [-0.05, 0) is 23.9 Å². The summed E-state index contributed by atoms with van der Waals surface area (Å²) in [5.74, 6) is 0. The average Bonchev–Trinajstić information content (AvgIpc) is 2.98. The number of nitrogens with one attached hydrogen (secondary N) is 2. The molecular weight excluding hydrogens is 290 g/mol. The van der Waals surface area contributed by atoms with Crippen molar-refractivity contribution in [1.82, 2.24) is 10.6 Å². The van der Waals surface area contributed by atoms with Gasteiger partial charge in [-0.1, -0.05) is 18.2 Å². The molecule has 0 fully saturated rings. The lowest BCUT2D eigenvalue weighted by atomic mass is 10.1. The number of hydrogen-bond donors (Lipinski definition) is 2. The summed E-state index contributed by atoms with van der Waals surface area (Å²) in [6.45, 7) is 2.24. The van der Waals surface area contributed by atoms with Crippen molar-refractivity contribution in [2.24, 2.45) is 0 Å². The van der Waals surface area contributed by atoms with E-state index in [1.807, 2.05) is 17.5 Å². The Balaban J connectivity index is 1.91. The van der Waals surface area contributed by atoms with Crippen LogP contribution in [0.1, 0.15) is 23.4 Å². The highest BCUT2D eigenvalue weighted by Gasteiger charge is 2.13. The summed E-state index contributed by atoms with van der Waals surface area (Å²) in [7, 11) is 0. The zero-order chi connectivity index (χ0) is 15.2. The summed E-state index contributed by atoms with van der Waals surface area (Å²) in [6, 6.07) is 9.49. The number of nitrogens with zero attached hydrogens (tertiary/aromatic N) is 1. The van der Waals surface area contributed by atoms with E-state index in [-0.39, 0.29) is 17.8 Å². The molecule has 0 radical (unpaired) electrons. The van der Waals surface area contributed by atoms with E-state index in [1.165, 1.54) is 12.1 Å². The van der Waals surface area contributed by atoms with E-state index in [0.717, 1.165) is 4.88 Å². The maximum atomic E-state index is 11.8. The molecule has 0 aliphatic rings. The summed E-state index contributed by atoms with van der Waals surface area (Å²) in [4.78, 5) is 23.1. The van der Waals surface area contributed by atoms with Gasteiger partial charge in [0.25, 0.3) is 5.69 Å². The van der Waals surface area contributed by atoms with Crippen LogP contribution in [0.2, 0.25) is 0 Å². The van der Waals surface area contributed by atoms with Gasteiger partial charge in [-0.15, -0.1) is 11.3 Å². The van der Waals surface area contributed by atoms with Crippen molar-refractivity contribution in [1.29, 1.82) is 0 Å². The zero-order valence-corrected chi connectivity index (χ0v) is 12.2. The molecule has 6 nitrogen and oxygen atoms in total. The summed E-state index contributed by atoms with van der Waals surface area (Å²) in [5, 5.41) is 18.2.